The van der Waals surface area contributed by atoms with E-state index >= 15 is 0 Å². The van der Waals surface area contributed by atoms with Crippen molar-refractivity contribution < 1.29 is 9.53 Å². The molecular formula is C13H13N3O2S. The Labute approximate surface area is 114 Å². The highest BCUT2D eigenvalue weighted by molar-refractivity contribution is 7.15. The zero-order valence-electron chi connectivity index (χ0n) is 10.4. The smallest absolute Gasteiger partial charge is 0.257 e. The molecule has 1 aromatic heterocycles. The van der Waals surface area contributed by atoms with Crippen molar-refractivity contribution in [3.8, 4) is 5.75 Å². The van der Waals surface area contributed by atoms with Crippen LogP contribution in [-0.2, 0) is 0 Å². The molecule has 0 aliphatic rings. The summed E-state index contributed by atoms with van der Waals surface area (Å²) in [6, 6.07) is 6.94. The second-order valence-corrected chi connectivity index (χ2v) is 4.89. The summed E-state index contributed by atoms with van der Waals surface area (Å²) in [5, 5.41) is 11.7. The van der Waals surface area contributed by atoms with Crippen molar-refractivity contribution in [3.05, 3.63) is 47.5 Å². The fraction of sp³-hybridized carbons (Fsp3) is 0.154. The summed E-state index contributed by atoms with van der Waals surface area (Å²) in [5.41, 5.74) is 0.509. The highest BCUT2D eigenvalue weighted by atomic mass is 32.1. The molecule has 0 atom stereocenters. The first-order chi connectivity index (χ1) is 9.19. The number of hydrogen-bond acceptors (Lipinski definition) is 5. The Balaban J connectivity index is 2.08. The third-order valence-corrected chi connectivity index (χ3v) is 2.96. The van der Waals surface area contributed by atoms with E-state index in [1.54, 1.807) is 30.3 Å². The van der Waals surface area contributed by atoms with E-state index in [9.17, 15) is 4.79 Å². The van der Waals surface area contributed by atoms with Crippen LogP contribution in [0.15, 0.2) is 36.9 Å². The maximum atomic E-state index is 12.0. The molecule has 1 aromatic carbocycles. The number of rotatable bonds is 5. The summed E-state index contributed by atoms with van der Waals surface area (Å²) in [4.78, 5) is 12.0. The summed E-state index contributed by atoms with van der Waals surface area (Å²) < 4.78 is 5.38. The predicted molar refractivity (Wildman–Crippen MR) is 74.7 cm³/mol. The van der Waals surface area contributed by atoms with Gasteiger partial charge in [-0.3, -0.25) is 10.1 Å². The summed E-state index contributed by atoms with van der Waals surface area (Å²) in [7, 11) is 0. The van der Waals surface area contributed by atoms with Crippen molar-refractivity contribution in [2.45, 2.75) is 6.92 Å². The van der Waals surface area contributed by atoms with Gasteiger partial charge in [0.2, 0.25) is 5.13 Å². The van der Waals surface area contributed by atoms with E-state index in [0.29, 0.717) is 23.1 Å². The van der Waals surface area contributed by atoms with Crippen LogP contribution in [0.25, 0.3) is 0 Å². The lowest BCUT2D eigenvalue weighted by atomic mass is 10.2. The molecule has 0 aliphatic heterocycles. The molecule has 98 valence electrons. The van der Waals surface area contributed by atoms with Crippen LogP contribution in [0, 0.1) is 6.92 Å². The topological polar surface area (TPSA) is 64.1 Å². The average Bonchev–Trinajstić information content (AvgIpc) is 2.82. The second kappa shape index (κ2) is 6.10. The average molecular weight is 275 g/mol. The Morgan fingerprint density at radius 1 is 1.53 bits per heavy atom. The molecule has 2 aromatic rings. The van der Waals surface area contributed by atoms with E-state index in [2.05, 4.69) is 22.1 Å². The summed E-state index contributed by atoms with van der Waals surface area (Å²) in [5.74, 6) is 0.390. The van der Waals surface area contributed by atoms with Crippen LogP contribution in [-0.4, -0.2) is 22.7 Å². The van der Waals surface area contributed by atoms with Crippen molar-refractivity contribution in [2.75, 3.05) is 11.9 Å². The maximum absolute atomic E-state index is 12.0. The number of amides is 1. The van der Waals surface area contributed by atoms with Crippen molar-refractivity contribution >= 4 is 22.4 Å². The molecule has 0 saturated heterocycles. The van der Waals surface area contributed by atoms with Gasteiger partial charge >= 0.3 is 0 Å². The number of nitrogens with zero attached hydrogens (tertiary/aromatic N) is 2. The number of ether oxygens (including phenoxy) is 1. The first-order valence-electron chi connectivity index (χ1n) is 5.64. The van der Waals surface area contributed by atoms with Crippen LogP contribution < -0.4 is 10.1 Å². The minimum Gasteiger partial charge on any atom is -0.490 e. The molecule has 6 heteroatoms. The molecule has 1 amide bonds. The fourth-order valence-corrected chi connectivity index (χ4v) is 1.99. The van der Waals surface area contributed by atoms with Gasteiger partial charge in [0.05, 0.1) is 0 Å². The van der Waals surface area contributed by atoms with Crippen LogP contribution in [0.5, 0.6) is 5.75 Å². The van der Waals surface area contributed by atoms with Gasteiger partial charge in [-0.15, -0.1) is 10.2 Å². The van der Waals surface area contributed by atoms with Crippen LogP contribution in [0.2, 0.25) is 0 Å². The number of hydrogen-bond donors (Lipinski definition) is 1. The van der Waals surface area contributed by atoms with E-state index in [-0.39, 0.29) is 5.91 Å². The van der Waals surface area contributed by atoms with E-state index < -0.39 is 0 Å². The number of carbonyl (C=O) groups excluding carboxylic acids is 1. The molecular weight excluding hydrogens is 262 g/mol. The van der Waals surface area contributed by atoms with Gasteiger partial charge in [0.25, 0.3) is 5.91 Å². The van der Waals surface area contributed by atoms with Crippen LogP contribution in [0.3, 0.4) is 0 Å². The molecule has 5 nitrogen and oxygen atoms in total. The van der Waals surface area contributed by atoms with E-state index in [4.69, 9.17) is 4.74 Å². The van der Waals surface area contributed by atoms with Crippen molar-refractivity contribution in [1.82, 2.24) is 10.2 Å². The monoisotopic (exact) mass is 275 g/mol. The number of benzene rings is 1. The molecule has 0 spiro atoms. The molecule has 0 radical (unpaired) electrons. The van der Waals surface area contributed by atoms with E-state index in [1.807, 2.05) is 6.92 Å². The number of anilines is 1. The normalized spacial score (nSPS) is 9.95. The molecule has 0 aliphatic carbocycles. The van der Waals surface area contributed by atoms with Crippen molar-refractivity contribution in [3.63, 3.8) is 0 Å². The Morgan fingerprint density at radius 3 is 3.05 bits per heavy atom. The van der Waals surface area contributed by atoms with Gasteiger partial charge in [0.15, 0.2) is 0 Å². The van der Waals surface area contributed by atoms with Gasteiger partial charge in [-0.25, -0.2) is 0 Å². The fourth-order valence-electron chi connectivity index (χ4n) is 1.40. The lowest BCUT2D eigenvalue weighted by Crippen LogP contribution is -2.11. The Morgan fingerprint density at radius 2 is 2.37 bits per heavy atom. The number of carbonyl (C=O) groups is 1. The predicted octanol–water partition coefficient (Wildman–Crippen LogP) is 2.66. The number of aromatic nitrogens is 2. The molecule has 19 heavy (non-hydrogen) atoms. The van der Waals surface area contributed by atoms with Gasteiger partial charge in [0, 0.05) is 5.56 Å². The number of nitrogens with one attached hydrogen (secondary N) is 1. The van der Waals surface area contributed by atoms with E-state index in [0.717, 1.165) is 5.01 Å². The molecule has 2 rings (SSSR count). The van der Waals surface area contributed by atoms with E-state index in [1.165, 1.54) is 11.3 Å². The van der Waals surface area contributed by atoms with Gasteiger partial charge in [-0.1, -0.05) is 30.1 Å². The first kappa shape index (κ1) is 13.2. The van der Waals surface area contributed by atoms with Gasteiger partial charge in [-0.2, -0.15) is 0 Å². The summed E-state index contributed by atoms with van der Waals surface area (Å²) in [6.45, 7) is 5.81. The third-order valence-electron chi connectivity index (χ3n) is 2.21. The SMILES string of the molecule is C=CCOc1cccc(C(=O)Nc2nnc(C)s2)c1. The molecule has 0 fully saturated rings. The highest BCUT2D eigenvalue weighted by Gasteiger charge is 2.09. The van der Waals surface area contributed by atoms with Gasteiger partial charge in [-0.05, 0) is 25.1 Å². The van der Waals surface area contributed by atoms with Crippen LogP contribution in [0.1, 0.15) is 15.4 Å². The minimum absolute atomic E-state index is 0.236. The first-order valence-corrected chi connectivity index (χ1v) is 6.46. The molecule has 1 heterocycles. The zero-order valence-corrected chi connectivity index (χ0v) is 11.2. The maximum Gasteiger partial charge on any atom is 0.257 e. The quantitative estimate of drug-likeness (QED) is 0.852. The molecule has 1 N–H and O–H groups in total. The lowest BCUT2D eigenvalue weighted by Gasteiger charge is -2.05. The van der Waals surface area contributed by atoms with Crippen molar-refractivity contribution in [1.29, 1.82) is 0 Å². The Hall–Kier alpha value is -2.21. The minimum atomic E-state index is -0.236. The molecule has 0 saturated carbocycles. The zero-order chi connectivity index (χ0) is 13.7. The standard InChI is InChI=1S/C13H13N3O2S/c1-3-7-18-11-6-4-5-10(8-11)12(17)14-13-16-15-9(2)19-13/h3-6,8H,1,7H2,2H3,(H,14,16,17). The second-order valence-electron chi connectivity index (χ2n) is 3.71. The Kier molecular flexibility index (Phi) is 4.25. The third kappa shape index (κ3) is 3.62. The largest absolute Gasteiger partial charge is 0.490 e. The summed E-state index contributed by atoms with van der Waals surface area (Å²) >= 11 is 1.33. The molecule has 0 unspecified atom stereocenters. The highest BCUT2D eigenvalue weighted by Crippen LogP contribution is 2.17. The lowest BCUT2D eigenvalue weighted by molar-refractivity contribution is 0.102. The van der Waals surface area contributed by atoms with Gasteiger partial charge < -0.3 is 4.74 Å². The number of aryl methyl sites for hydroxylation is 1. The van der Waals surface area contributed by atoms with Crippen LogP contribution in [0.4, 0.5) is 5.13 Å². The molecule has 0 bridgehead atoms. The summed E-state index contributed by atoms with van der Waals surface area (Å²) in [6.07, 6.45) is 1.65. The Bertz CT molecular complexity index is 595. The van der Waals surface area contributed by atoms with Gasteiger partial charge in [0.1, 0.15) is 17.4 Å². The van der Waals surface area contributed by atoms with Crippen molar-refractivity contribution in [2.24, 2.45) is 0 Å². The van der Waals surface area contributed by atoms with Crippen LogP contribution >= 0.6 is 11.3 Å².